The average molecular weight is 343 g/mol. The topological polar surface area (TPSA) is 44.7 Å². The normalized spacial score (nSPS) is 15.0. The van der Waals surface area contributed by atoms with Crippen LogP contribution in [-0.2, 0) is 0 Å². The summed E-state index contributed by atoms with van der Waals surface area (Å²) in [6, 6.07) is 12.0. The van der Waals surface area contributed by atoms with Crippen LogP contribution in [0.1, 0.15) is 22.3 Å². The third-order valence-corrected chi connectivity index (χ3v) is 4.84. The van der Waals surface area contributed by atoms with Crippen molar-refractivity contribution in [2.24, 2.45) is 5.10 Å². The van der Waals surface area contributed by atoms with Crippen LogP contribution in [0.4, 0.5) is 10.1 Å². The second-order valence-corrected chi connectivity index (χ2v) is 6.82. The van der Waals surface area contributed by atoms with Crippen molar-refractivity contribution in [3.63, 3.8) is 0 Å². The molecule has 2 aromatic rings. The van der Waals surface area contributed by atoms with E-state index >= 15 is 0 Å². The Morgan fingerprint density at radius 2 is 2.08 bits per heavy atom. The zero-order chi connectivity index (χ0) is 17.1. The van der Waals surface area contributed by atoms with Crippen LogP contribution < -0.4 is 10.3 Å². The molecule has 1 amide bonds. The minimum atomic E-state index is -0.297. The van der Waals surface area contributed by atoms with Crippen molar-refractivity contribution in [2.45, 2.75) is 11.3 Å². The molecular weight excluding hydrogens is 325 g/mol. The minimum Gasteiger partial charge on any atom is -0.378 e. The van der Waals surface area contributed by atoms with Crippen LogP contribution in [0.3, 0.4) is 0 Å². The van der Waals surface area contributed by atoms with E-state index in [2.05, 4.69) is 10.5 Å². The van der Waals surface area contributed by atoms with Crippen molar-refractivity contribution in [3.8, 4) is 0 Å². The van der Waals surface area contributed by atoms with Crippen molar-refractivity contribution >= 4 is 29.1 Å². The smallest absolute Gasteiger partial charge is 0.271 e. The van der Waals surface area contributed by atoms with E-state index < -0.39 is 0 Å². The predicted molar refractivity (Wildman–Crippen MR) is 96.5 cm³/mol. The molecule has 0 spiro atoms. The molecule has 124 valence electrons. The van der Waals surface area contributed by atoms with Gasteiger partial charge in [0.1, 0.15) is 5.82 Å². The highest BCUT2D eigenvalue weighted by Gasteiger charge is 2.17. The molecule has 0 saturated heterocycles. The third kappa shape index (κ3) is 3.59. The Hall–Kier alpha value is -2.34. The lowest BCUT2D eigenvalue weighted by Crippen LogP contribution is -2.22. The molecule has 0 aromatic heterocycles. The van der Waals surface area contributed by atoms with Gasteiger partial charge in [-0.15, -0.1) is 11.8 Å². The van der Waals surface area contributed by atoms with Crippen LogP contribution in [-0.4, -0.2) is 31.5 Å². The lowest BCUT2D eigenvalue weighted by atomic mass is 10.1. The third-order valence-electron chi connectivity index (χ3n) is 3.77. The molecule has 1 aliphatic rings. The molecule has 0 radical (unpaired) electrons. The summed E-state index contributed by atoms with van der Waals surface area (Å²) in [5.74, 6) is 0.292. The standard InChI is InChI=1S/C18H18FN3OS/c1-22(2)14-5-3-4-12(10-14)18(23)21-20-16-8-9-24-17-7-6-13(19)11-15(16)17/h3-7,10-11H,8-9H2,1-2H3,(H,21,23). The number of nitrogens with zero attached hydrogens (tertiary/aromatic N) is 2. The molecule has 0 unspecified atom stereocenters. The molecule has 0 atom stereocenters. The lowest BCUT2D eigenvalue weighted by molar-refractivity contribution is 0.0955. The number of rotatable bonds is 3. The number of hydrazone groups is 1. The van der Waals surface area contributed by atoms with E-state index in [1.165, 1.54) is 12.1 Å². The van der Waals surface area contributed by atoms with E-state index in [0.29, 0.717) is 17.7 Å². The van der Waals surface area contributed by atoms with E-state index in [-0.39, 0.29) is 11.7 Å². The van der Waals surface area contributed by atoms with E-state index in [0.717, 1.165) is 21.9 Å². The second kappa shape index (κ2) is 7.05. The zero-order valence-electron chi connectivity index (χ0n) is 13.5. The number of thioether (sulfide) groups is 1. The van der Waals surface area contributed by atoms with Gasteiger partial charge in [0, 0.05) is 48.0 Å². The number of hydrogen-bond acceptors (Lipinski definition) is 4. The summed E-state index contributed by atoms with van der Waals surface area (Å²) in [5.41, 5.74) is 5.54. The van der Waals surface area contributed by atoms with Crippen LogP contribution in [0.5, 0.6) is 0 Å². The summed E-state index contributed by atoms with van der Waals surface area (Å²) in [6.45, 7) is 0. The van der Waals surface area contributed by atoms with Crippen LogP contribution in [0.15, 0.2) is 52.5 Å². The van der Waals surface area contributed by atoms with Crippen LogP contribution >= 0.6 is 11.8 Å². The Morgan fingerprint density at radius 1 is 1.25 bits per heavy atom. The first-order valence-electron chi connectivity index (χ1n) is 7.61. The highest BCUT2D eigenvalue weighted by molar-refractivity contribution is 7.99. The number of carbonyl (C=O) groups excluding carboxylic acids is 1. The van der Waals surface area contributed by atoms with Gasteiger partial charge in [0.25, 0.3) is 5.91 Å². The second-order valence-electron chi connectivity index (χ2n) is 5.68. The maximum atomic E-state index is 13.5. The fraction of sp³-hybridized carbons (Fsp3) is 0.222. The number of fused-ring (bicyclic) bond motifs is 1. The van der Waals surface area contributed by atoms with Gasteiger partial charge in [-0.05, 0) is 36.4 Å². The van der Waals surface area contributed by atoms with Gasteiger partial charge in [-0.3, -0.25) is 4.79 Å². The van der Waals surface area contributed by atoms with Gasteiger partial charge in [0.15, 0.2) is 0 Å². The molecule has 1 heterocycles. The first-order valence-corrected chi connectivity index (χ1v) is 8.60. The molecular formula is C18H18FN3OS. The first-order chi connectivity index (χ1) is 11.5. The van der Waals surface area contributed by atoms with Crippen LogP contribution in [0, 0.1) is 5.82 Å². The Morgan fingerprint density at radius 3 is 2.88 bits per heavy atom. The van der Waals surface area contributed by atoms with Crippen molar-refractivity contribution in [3.05, 3.63) is 59.4 Å². The highest BCUT2D eigenvalue weighted by Crippen LogP contribution is 2.30. The molecule has 0 fully saturated rings. The van der Waals surface area contributed by atoms with Gasteiger partial charge in [-0.1, -0.05) is 6.07 Å². The number of hydrogen-bond donors (Lipinski definition) is 1. The Balaban J connectivity index is 1.80. The summed E-state index contributed by atoms with van der Waals surface area (Å²) in [4.78, 5) is 15.2. The van der Waals surface area contributed by atoms with Crippen LogP contribution in [0.25, 0.3) is 0 Å². The predicted octanol–water partition coefficient (Wildman–Crippen LogP) is 3.52. The molecule has 0 saturated carbocycles. The van der Waals surface area contributed by atoms with E-state index in [4.69, 9.17) is 0 Å². The SMILES string of the molecule is CN(C)c1cccc(C(=O)NN=C2CCSc3ccc(F)cc32)c1. The number of halogens is 1. The maximum Gasteiger partial charge on any atom is 0.271 e. The molecule has 6 heteroatoms. The Labute approximate surface area is 144 Å². The summed E-state index contributed by atoms with van der Waals surface area (Å²) in [7, 11) is 3.84. The van der Waals surface area contributed by atoms with Crippen molar-refractivity contribution in [2.75, 3.05) is 24.7 Å². The number of carbonyl (C=O) groups is 1. The maximum absolute atomic E-state index is 13.5. The molecule has 24 heavy (non-hydrogen) atoms. The van der Waals surface area contributed by atoms with Crippen molar-refractivity contribution < 1.29 is 9.18 Å². The fourth-order valence-corrected chi connectivity index (χ4v) is 3.48. The molecule has 1 aliphatic heterocycles. The van der Waals surface area contributed by atoms with E-state index in [1.807, 2.05) is 31.1 Å². The molecule has 4 nitrogen and oxygen atoms in total. The summed E-state index contributed by atoms with van der Waals surface area (Å²) in [5, 5.41) is 4.24. The van der Waals surface area contributed by atoms with Gasteiger partial charge in [-0.25, -0.2) is 9.82 Å². The minimum absolute atomic E-state index is 0.276. The zero-order valence-corrected chi connectivity index (χ0v) is 14.4. The fourth-order valence-electron chi connectivity index (χ4n) is 2.47. The highest BCUT2D eigenvalue weighted by atomic mass is 32.2. The van der Waals surface area contributed by atoms with Gasteiger partial charge >= 0.3 is 0 Å². The molecule has 2 aromatic carbocycles. The van der Waals surface area contributed by atoms with Crippen molar-refractivity contribution in [1.82, 2.24) is 5.43 Å². The molecule has 3 rings (SSSR count). The monoisotopic (exact) mass is 343 g/mol. The van der Waals surface area contributed by atoms with E-state index in [1.54, 1.807) is 30.0 Å². The summed E-state index contributed by atoms with van der Waals surface area (Å²) in [6.07, 6.45) is 0.694. The quantitative estimate of drug-likeness (QED) is 0.867. The van der Waals surface area contributed by atoms with Gasteiger partial charge in [0.2, 0.25) is 0 Å². The van der Waals surface area contributed by atoms with Crippen molar-refractivity contribution in [1.29, 1.82) is 0 Å². The largest absolute Gasteiger partial charge is 0.378 e. The van der Waals surface area contributed by atoms with E-state index in [9.17, 15) is 9.18 Å². The number of anilines is 1. The molecule has 0 aliphatic carbocycles. The molecule has 0 bridgehead atoms. The Bertz CT molecular complexity index is 805. The van der Waals surface area contributed by atoms with Crippen LogP contribution in [0.2, 0.25) is 0 Å². The number of nitrogens with one attached hydrogen (secondary N) is 1. The first kappa shape index (κ1) is 16.5. The Kier molecular flexibility index (Phi) is 4.85. The summed E-state index contributed by atoms with van der Waals surface area (Å²) < 4.78 is 13.5. The summed E-state index contributed by atoms with van der Waals surface area (Å²) >= 11 is 1.67. The number of benzene rings is 2. The van der Waals surface area contributed by atoms with Gasteiger partial charge < -0.3 is 4.90 Å². The average Bonchev–Trinajstić information content (AvgIpc) is 2.59. The van der Waals surface area contributed by atoms with Gasteiger partial charge in [-0.2, -0.15) is 5.10 Å². The molecule has 1 N–H and O–H groups in total. The lowest BCUT2D eigenvalue weighted by Gasteiger charge is -2.17. The number of amides is 1. The van der Waals surface area contributed by atoms with Gasteiger partial charge in [0.05, 0.1) is 5.71 Å².